The number of nitrogens with one attached hydrogen (secondary N) is 2. The van der Waals surface area contributed by atoms with E-state index in [-0.39, 0.29) is 12.5 Å². The minimum absolute atomic E-state index is 0.189. The van der Waals surface area contributed by atoms with Gasteiger partial charge in [0.15, 0.2) is 0 Å². The summed E-state index contributed by atoms with van der Waals surface area (Å²) in [4.78, 5) is 15.2. The Hall–Kier alpha value is -1.85. The number of hydrogen-bond donors (Lipinski definition) is 3. The number of ether oxygens (including phenoxy) is 1. The lowest BCUT2D eigenvalue weighted by Gasteiger charge is -2.23. The highest BCUT2D eigenvalue weighted by molar-refractivity contribution is 6.06. The van der Waals surface area contributed by atoms with Crippen molar-refractivity contribution in [3.8, 4) is 0 Å². The van der Waals surface area contributed by atoms with E-state index in [2.05, 4.69) is 10.3 Å². The molecule has 0 radical (unpaired) electrons. The van der Waals surface area contributed by atoms with Crippen LogP contribution in [0.2, 0.25) is 0 Å². The van der Waals surface area contributed by atoms with Crippen LogP contribution in [0.15, 0.2) is 30.5 Å². The van der Waals surface area contributed by atoms with Gasteiger partial charge < -0.3 is 20.1 Å². The molecule has 1 unspecified atom stereocenters. The lowest BCUT2D eigenvalue weighted by molar-refractivity contribution is 0.0244. The number of carbonyl (C=O) groups excluding carboxylic acids is 1. The topological polar surface area (TPSA) is 74.3 Å². The van der Waals surface area contributed by atoms with Crippen LogP contribution in [0.5, 0.6) is 0 Å². The number of amides is 1. The third-order valence-corrected chi connectivity index (χ3v) is 3.31. The molecule has 0 aliphatic rings. The largest absolute Gasteiger partial charge is 0.388 e. The van der Waals surface area contributed by atoms with E-state index in [1.807, 2.05) is 24.3 Å². The van der Waals surface area contributed by atoms with Crippen LogP contribution in [-0.2, 0) is 4.74 Å². The molecule has 0 bridgehead atoms. The summed E-state index contributed by atoms with van der Waals surface area (Å²) in [5.41, 5.74) is 0.532. The summed E-state index contributed by atoms with van der Waals surface area (Å²) in [6.07, 6.45) is 2.15. The molecular formula is C15H20N2O3. The van der Waals surface area contributed by atoms with Gasteiger partial charge in [-0.25, -0.2) is 0 Å². The molecule has 0 spiro atoms. The smallest absolute Gasteiger partial charge is 0.253 e. The van der Waals surface area contributed by atoms with Crippen LogP contribution < -0.4 is 5.32 Å². The Labute approximate surface area is 117 Å². The Bertz CT molecular complexity index is 590. The maximum absolute atomic E-state index is 12.2. The number of fused-ring (bicyclic) bond motifs is 1. The fraction of sp³-hybridized carbons (Fsp3) is 0.400. The molecule has 0 saturated heterocycles. The quantitative estimate of drug-likeness (QED) is 0.751. The number of aromatic amines is 1. The Balaban J connectivity index is 2.02. The van der Waals surface area contributed by atoms with Crippen LogP contribution in [0.3, 0.4) is 0 Å². The molecule has 2 aromatic rings. The maximum atomic E-state index is 12.2. The summed E-state index contributed by atoms with van der Waals surface area (Å²) in [5, 5.41) is 13.7. The van der Waals surface area contributed by atoms with Crippen molar-refractivity contribution in [2.24, 2.45) is 0 Å². The summed E-state index contributed by atoms with van der Waals surface area (Å²) >= 11 is 0. The number of carbonyl (C=O) groups is 1. The lowest BCUT2D eigenvalue weighted by Crippen LogP contribution is -2.41. The summed E-state index contributed by atoms with van der Waals surface area (Å²) in [6, 6.07) is 7.61. The molecule has 0 fully saturated rings. The van der Waals surface area contributed by atoms with Crippen molar-refractivity contribution in [3.05, 3.63) is 36.0 Å². The van der Waals surface area contributed by atoms with Gasteiger partial charge in [0.25, 0.3) is 5.91 Å². The molecule has 2 rings (SSSR count). The molecule has 5 nitrogen and oxygen atoms in total. The van der Waals surface area contributed by atoms with E-state index in [0.717, 1.165) is 10.9 Å². The number of H-pyrrole nitrogens is 1. The standard InChI is InChI=1S/C15H20N2O3/c1-15(19,7-8-20-2)10-17-14(18)12-9-16-13-6-4-3-5-11(12)13/h3-6,9,16,19H,7-8,10H2,1-2H3,(H,17,18). The monoisotopic (exact) mass is 276 g/mol. The van der Waals surface area contributed by atoms with Crippen LogP contribution >= 0.6 is 0 Å². The second kappa shape index (κ2) is 6.07. The highest BCUT2D eigenvalue weighted by Crippen LogP contribution is 2.17. The van der Waals surface area contributed by atoms with Gasteiger partial charge in [0.05, 0.1) is 11.2 Å². The molecule has 20 heavy (non-hydrogen) atoms. The Morgan fingerprint density at radius 1 is 1.45 bits per heavy atom. The maximum Gasteiger partial charge on any atom is 0.253 e. The second-order valence-electron chi connectivity index (χ2n) is 5.17. The van der Waals surface area contributed by atoms with Crippen LogP contribution in [0.4, 0.5) is 0 Å². The van der Waals surface area contributed by atoms with Gasteiger partial charge in [0.1, 0.15) is 0 Å². The minimum atomic E-state index is -0.974. The molecule has 108 valence electrons. The Morgan fingerprint density at radius 3 is 2.95 bits per heavy atom. The summed E-state index contributed by atoms with van der Waals surface area (Å²) in [5.74, 6) is -0.194. The van der Waals surface area contributed by atoms with Gasteiger partial charge in [-0.1, -0.05) is 18.2 Å². The molecule has 3 N–H and O–H groups in total. The van der Waals surface area contributed by atoms with Crippen LogP contribution in [0, 0.1) is 0 Å². The number of rotatable bonds is 6. The Kier molecular flexibility index (Phi) is 4.42. The molecule has 5 heteroatoms. The van der Waals surface area contributed by atoms with Crippen molar-refractivity contribution in [1.29, 1.82) is 0 Å². The lowest BCUT2D eigenvalue weighted by atomic mass is 10.0. The van der Waals surface area contributed by atoms with Gasteiger partial charge in [-0.2, -0.15) is 0 Å². The number of aliphatic hydroxyl groups is 1. The predicted molar refractivity (Wildman–Crippen MR) is 77.7 cm³/mol. The highest BCUT2D eigenvalue weighted by Gasteiger charge is 2.22. The first-order valence-corrected chi connectivity index (χ1v) is 6.59. The van der Waals surface area contributed by atoms with E-state index >= 15 is 0 Å². The average molecular weight is 276 g/mol. The fourth-order valence-electron chi connectivity index (χ4n) is 2.04. The predicted octanol–water partition coefficient (Wildman–Crippen LogP) is 1.69. The number of methoxy groups -OCH3 is 1. The first-order valence-electron chi connectivity index (χ1n) is 6.59. The van der Waals surface area contributed by atoms with Gasteiger partial charge in [0.2, 0.25) is 0 Å². The van der Waals surface area contributed by atoms with E-state index in [1.165, 1.54) is 0 Å². The molecule has 1 aromatic carbocycles. The average Bonchev–Trinajstić information content (AvgIpc) is 2.87. The zero-order valence-corrected chi connectivity index (χ0v) is 11.8. The van der Waals surface area contributed by atoms with Crippen molar-refractivity contribution >= 4 is 16.8 Å². The zero-order valence-electron chi connectivity index (χ0n) is 11.8. The molecule has 1 atom stereocenters. The summed E-state index contributed by atoms with van der Waals surface area (Å²) < 4.78 is 4.94. The molecule has 1 heterocycles. The first-order chi connectivity index (χ1) is 9.53. The summed E-state index contributed by atoms with van der Waals surface area (Å²) in [6.45, 7) is 2.33. The third kappa shape index (κ3) is 3.37. The molecule has 0 aliphatic heterocycles. The number of aromatic nitrogens is 1. The van der Waals surface area contributed by atoms with E-state index in [1.54, 1.807) is 20.2 Å². The number of para-hydroxylation sites is 1. The van der Waals surface area contributed by atoms with Gasteiger partial charge in [-0.05, 0) is 13.0 Å². The number of hydrogen-bond acceptors (Lipinski definition) is 3. The highest BCUT2D eigenvalue weighted by atomic mass is 16.5. The van der Waals surface area contributed by atoms with E-state index in [0.29, 0.717) is 18.6 Å². The molecular weight excluding hydrogens is 256 g/mol. The van der Waals surface area contributed by atoms with Crippen LogP contribution in [0.25, 0.3) is 10.9 Å². The van der Waals surface area contributed by atoms with Crippen molar-refractivity contribution < 1.29 is 14.6 Å². The first kappa shape index (κ1) is 14.6. The fourth-order valence-corrected chi connectivity index (χ4v) is 2.04. The van der Waals surface area contributed by atoms with Crippen molar-refractivity contribution in [2.45, 2.75) is 18.9 Å². The van der Waals surface area contributed by atoms with Crippen molar-refractivity contribution in [1.82, 2.24) is 10.3 Å². The third-order valence-electron chi connectivity index (χ3n) is 3.31. The van der Waals surface area contributed by atoms with Gasteiger partial charge >= 0.3 is 0 Å². The molecule has 1 aromatic heterocycles. The normalized spacial score (nSPS) is 14.2. The molecule has 1 amide bonds. The second-order valence-corrected chi connectivity index (χ2v) is 5.17. The van der Waals surface area contributed by atoms with Crippen molar-refractivity contribution in [3.63, 3.8) is 0 Å². The van der Waals surface area contributed by atoms with Gasteiger partial charge in [-0.3, -0.25) is 4.79 Å². The van der Waals surface area contributed by atoms with E-state index in [4.69, 9.17) is 4.74 Å². The summed E-state index contributed by atoms with van der Waals surface area (Å²) in [7, 11) is 1.58. The number of benzene rings is 1. The van der Waals surface area contributed by atoms with Gasteiger partial charge in [-0.15, -0.1) is 0 Å². The van der Waals surface area contributed by atoms with E-state index in [9.17, 15) is 9.90 Å². The van der Waals surface area contributed by atoms with Crippen LogP contribution in [-0.4, -0.2) is 41.9 Å². The van der Waals surface area contributed by atoms with Crippen molar-refractivity contribution in [2.75, 3.05) is 20.3 Å². The molecule has 0 saturated carbocycles. The van der Waals surface area contributed by atoms with Crippen LogP contribution in [0.1, 0.15) is 23.7 Å². The minimum Gasteiger partial charge on any atom is -0.388 e. The zero-order chi connectivity index (χ0) is 14.6. The van der Waals surface area contributed by atoms with E-state index < -0.39 is 5.60 Å². The Morgan fingerprint density at radius 2 is 2.20 bits per heavy atom. The van der Waals surface area contributed by atoms with Gasteiger partial charge in [0, 0.05) is 43.8 Å². The SMILES string of the molecule is COCCC(C)(O)CNC(=O)c1c[nH]c2ccccc12. The molecule has 0 aliphatic carbocycles.